The third kappa shape index (κ3) is 1.76. The van der Waals surface area contributed by atoms with Gasteiger partial charge in [0.05, 0.1) is 12.0 Å². The van der Waals surface area contributed by atoms with Crippen molar-refractivity contribution in [2.24, 2.45) is 5.41 Å². The molecule has 1 aliphatic carbocycles. The number of hydrogen-bond donors (Lipinski definition) is 1. The van der Waals surface area contributed by atoms with E-state index in [1.165, 1.54) is 0 Å². The second-order valence-electron chi connectivity index (χ2n) is 3.37. The number of carbonyl (C=O) groups is 1. The second kappa shape index (κ2) is 4.17. The van der Waals surface area contributed by atoms with Crippen LogP contribution in [-0.4, -0.2) is 18.3 Å². The molecule has 0 aromatic rings. The Bertz CT molecular complexity index is 162. The quantitative estimate of drug-likeness (QED) is 0.542. The number of carbonyl (C=O) groups excluding carboxylic acids is 1. The average Bonchev–Trinajstić information content (AvgIpc) is 2.54. The SMILES string of the molecule is CCOC(=O)C1(CS)CCCC1. The van der Waals surface area contributed by atoms with Crippen molar-refractivity contribution in [3.05, 3.63) is 0 Å². The Labute approximate surface area is 79.1 Å². The smallest absolute Gasteiger partial charge is 0.312 e. The number of rotatable bonds is 3. The van der Waals surface area contributed by atoms with Gasteiger partial charge < -0.3 is 4.74 Å². The van der Waals surface area contributed by atoms with Crippen molar-refractivity contribution in [1.82, 2.24) is 0 Å². The summed E-state index contributed by atoms with van der Waals surface area (Å²) in [7, 11) is 0. The maximum Gasteiger partial charge on any atom is 0.312 e. The van der Waals surface area contributed by atoms with Crippen LogP contribution >= 0.6 is 12.6 Å². The van der Waals surface area contributed by atoms with Crippen molar-refractivity contribution in [2.75, 3.05) is 12.4 Å². The molecule has 1 rings (SSSR count). The monoisotopic (exact) mass is 188 g/mol. The summed E-state index contributed by atoms with van der Waals surface area (Å²) in [6.07, 6.45) is 4.18. The predicted octanol–water partition coefficient (Wildman–Crippen LogP) is 2.04. The van der Waals surface area contributed by atoms with E-state index in [-0.39, 0.29) is 11.4 Å². The van der Waals surface area contributed by atoms with Crippen LogP contribution in [0.5, 0.6) is 0 Å². The lowest BCUT2D eigenvalue weighted by Gasteiger charge is -2.23. The van der Waals surface area contributed by atoms with E-state index in [0.29, 0.717) is 12.4 Å². The van der Waals surface area contributed by atoms with Crippen LogP contribution < -0.4 is 0 Å². The zero-order chi connectivity index (χ0) is 9.03. The summed E-state index contributed by atoms with van der Waals surface area (Å²) in [6.45, 7) is 2.33. The molecule has 0 N–H and O–H groups in total. The van der Waals surface area contributed by atoms with Gasteiger partial charge in [-0.3, -0.25) is 4.79 Å². The Hall–Kier alpha value is -0.180. The number of esters is 1. The molecule has 0 saturated heterocycles. The zero-order valence-electron chi connectivity index (χ0n) is 7.51. The summed E-state index contributed by atoms with van der Waals surface area (Å²) >= 11 is 4.23. The fraction of sp³-hybridized carbons (Fsp3) is 0.889. The highest BCUT2D eigenvalue weighted by Gasteiger charge is 2.41. The molecule has 3 heteroatoms. The van der Waals surface area contributed by atoms with E-state index >= 15 is 0 Å². The van der Waals surface area contributed by atoms with Crippen molar-refractivity contribution in [1.29, 1.82) is 0 Å². The van der Waals surface area contributed by atoms with E-state index in [9.17, 15) is 4.79 Å². The van der Waals surface area contributed by atoms with Gasteiger partial charge in [-0.2, -0.15) is 12.6 Å². The molecule has 0 atom stereocenters. The highest BCUT2D eigenvalue weighted by Crippen LogP contribution is 2.40. The van der Waals surface area contributed by atoms with E-state index in [1.807, 2.05) is 6.92 Å². The fourth-order valence-corrected chi connectivity index (χ4v) is 2.21. The first kappa shape index (κ1) is 9.90. The minimum Gasteiger partial charge on any atom is -0.466 e. The molecule has 0 aromatic carbocycles. The average molecular weight is 188 g/mol. The van der Waals surface area contributed by atoms with Crippen LogP contribution in [0.3, 0.4) is 0 Å². The Morgan fingerprint density at radius 2 is 2.08 bits per heavy atom. The molecular weight excluding hydrogens is 172 g/mol. The van der Waals surface area contributed by atoms with Crippen molar-refractivity contribution < 1.29 is 9.53 Å². The first-order valence-electron chi connectivity index (χ1n) is 4.53. The maximum absolute atomic E-state index is 11.5. The molecule has 70 valence electrons. The third-order valence-electron chi connectivity index (χ3n) is 2.57. The maximum atomic E-state index is 11.5. The molecule has 1 saturated carbocycles. The lowest BCUT2D eigenvalue weighted by Crippen LogP contribution is -2.31. The Morgan fingerprint density at radius 3 is 2.50 bits per heavy atom. The summed E-state index contributed by atoms with van der Waals surface area (Å²) in [5.41, 5.74) is -0.251. The van der Waals surface area contributed by atoms with Gasteiger partial charge in [-0.15, -0.1) is 0 Å². The largest absolute Gasteiger partial charge is 0.466 e. The summed E-state index contributed by atoms with van der Waals surface area (Å²) in [6, 6.07) is 0. The number of ether oxygens (including phenoxy) is 1. The molecule has 0 unspecified atom stereocenters. The minimum atomic E-state index is -0.251. The molecule has 1 fully saturated rings. The van der Waals surface area contributed by atoms with Gasteiger partial charge in [0.15, 0.2) is 0 Å². The Morgan fingerprint density at radius 1 is 1.50 bits per heavy atom. The van der Waals surface area contributed by atoms with Crippen LogP contribution in [0.2, 0.25) is 0 Å². The fourth-order valence-electron chi connectivity index (χ4n) is 1.76. The van der Waals surface area contributed by atoms with Crippen LogP contribution in [0.25, 0.3) is 0 Å². The van der Waals surface area contributed by atoms with Crippen LogP contribution in [0, 0.1) is 5.41 Å². The highest BCUT2D eigenvalue weighted by molar-refractivity contribution is 7.80. The van der Waals surface area contributed by atoms with Gasteiger partial charge in [-0.05, 0) is 19.8 Å². The lowest BCUT2D eigenvalue weighted by molar-refractivity contribution is -0.153. The summed E-state index contributed by atoms with van der Waals surface area (Å²) < 4.78 is 5.03. The van der Waals surface area contributed by atoms with Crippen LogP contribution in [0.1, 0.15) is 32.6 Å². The number of thiol groups is 1. The lowest BCUT2D eigenvalue weighted by atomic mass is 9.89. The number of hydrogen-bond acceptors (Lipinski definition) is 3. The summed E-state index contributed by atoms with van der Waals surface area (Å²) in [4.78, 5) is 11.5. The second-order valence-corrected chi connectivity index (χ2v) is 3.68. The van der Waals surface area contributed by atoms with Crippen LogP contribution in [0.4, 0.5) is 0 Å². The van der Waals surface area contributed by atoms with Gasteiger partial charge in [-0.25, -0.2) is 0 Å². The molecule has 2 nitrogen and oxygen atoms in total. The van der Waals surface area contributed by atoms with Crippen molar-refractivity contribution in [2.45, 2.75) is 32.6 Å². The molecule has 0 amide bonds. The highest BCUT2D eigenvalue weighted by atomic mass is 32.1. The molecule has 0 heterocycles. The van der Waals surface area contributed by atoms with Crippen LogP contribution in [0.15, 0.2) is 0 Å². The topological polar surface area (TPSA) is 26.3 Å². The summed E-state index contributed by atoms with van der Waals surface area (Å²) in [5, 5.41) is 0. The van der Waals surface area contributed by atoms with Gasteiger partial charge in [-0.1, -0.05) is 12.8 Å². The van der Waals surface area contributed by atoms with Gasteiger partial charge >= 0.3 is 5.97 Å². The predicted molar refractivity (Wildman–Crippen MR) is 51.4 cm³/mol. The van der Waals surface area contributed by atoms with Crippen LogP contribution in [-0.2, 0) is 9.53 Å². The van der Waals surface area contributed by atoms with Gasteiger partial charge in [0.25, 0.3) is 0 Å². The minimum absolute atomic E-state index is 0.0440. The first-order valence-corrected chi connectivity index (χ1v) is 5.16. The Kier molecular flexibility index (Phi) is 3.44. The standard InChI is InChI=1S/C9H16O2S/c1-2-11-8(10)9(7-12)5-3-4-6-9/h12H,2-7H2,1H3. The summed E-state index contributed by atoms with van der Waals surface area (Å²) in [5.74, 6) is 0.587. The van der Waals surface area contributed by atoms with Crippen molar-refractivity contribution in [3.8, 4) is 0 Å². The van der Waals surface area contributed by atoms with E-state index in [0.717, 1.165) is 25.7 Å². The van der Waals surface area contributed by atoms with Gasteiger partial charge in [0.1, 0.15) is 0 Å². The molecular formula is C9H16O2S. The van der Waals surface area contributed by atoms with E-state index in [1.54, 1.807) is 0 Å². The first-order chi connectivity index (χ1) is 5.75. The van der Waals surface area contributed by atoms with Gasteiger partial charge in [0, 0.05) is 5.75 Å². The third-order valence-corrected chi connectivity index (χ3v) is 3.18. The van der Waals surface area contributed by atoms with Gasteiger partial charge in [0.2, 0.25) is 0 Å². The van der Waals surface area contributed by atoms with E-state index in [4.69, 9.17) is 4.74 Å². The zero-order valence-corrected chi connectivity index (χ0v) is 8.40. The van der Waals surface area contributed by atoms with Crippen molar-refractivity contribution >= 4 is 18.6 Å². The molecule has 0 spiro atoms. The Balaban J connectivity index is 2.59. The molecule has 0 radical (unpaired) electrons. The van der Waals surface area contributed by atoms with Crippen molar-refractivity contribution in [3.63, 3.8) is 0 Å². The molecule has 0 aromatic heterocycles. The van der Waals surface area contributed by atoms with E-state index < -0.39 is 0 Å². The molecule has 0 aliphatic heterocycles. The normalized spacial score (nSPS) is 20.8. The molecule has 0 bridgehead atoms. The molecule has 1 aliphatic rings. The molecule has 12 heavy (non-hydrogen) atoms. The van der Waals surface area contributed by atoms with E-state index in [2.05, 4.69) is 12.6 Å².